The smallest absolute Gasteiger partial charge is 0.232 e. The predicted molar refractivity (Wildman–Crippen MR) is 133 cm³/mol. The first-order chi connectivity index (χ1) is 16.6. The van der Waals surface area contributed by atoms with E-state index in [0.717, 1.165) is 27.5 Å². The Bertz CT molecular complexity index is 1160. The highest BCUT2D eigenvalue weighted by Gasteiger charge is 2.27. The summed E-state index contributed by atoms with van der Waals surface area (Å²) in [7, 11) is 1.63. The molecule has 2 heterocycles. The fraction of sp³-hybridized carbons (Fsp3) is 0.346. The maximum Gasteiger partial charge on any atom is 0.232 e. The van der Waals surface area contributed by atoms with Crippen LogP contribution >= 0.6 is 11.8 Å². The summed E-state index contributed by atoms with van der Waals surface area (Å²) in [6, 6.07) is 13.5. The van der Waals surface area contributed by atoms with Gasteiger partial charge in [-0.15, -0.1) is 0 Å². The van der Waals surface area contributed by atoms with Crippen molar-refractivity contribution in [1.82, 2.24) is 14.9 Å². The lowest BCUT2D eigenvalue weighted by Gasteiger charge is -2.24. The van der Waals surface area contributed by atoms with Gasteiger partial charge in [-0.1, -0.05) is 23.9 Å². The van der Waals surface area contributed by atoms with Crippen molar-refractivity contribution in [3.8, 4) is 34.5 Å². The highest BCUT2D eigenvalue weighted by molar-refractivity contribution is 7.99. The normalized spacial score (nSPS) is 11.8. The average Bonchev–Trinajstić information content (AvgIpc) is 2.87. The Kier molecular flexibility index (Phi) is 7.57. The van der Waals surface area contributed by atoms with Crippen molar-refractivity contribution < 1.29 is 19.0 Å². The molecule has 0 aliphatic carbocycles. The molecule has 0 unspecified atom stereocenters. The first-order valence-corrected chi connectivity index (χ1v) is 12.4. The van der Waals surface area contributed by atoms with Gasteiger partial charge in [0.1, 0.15) is 10.8 Å². The minimum absolute atomic E-state index is 0.0871. The second-order valence-corrected chi connectivity index (χ2v) is 8.64. The van der Waals surface area contributed by atoms with E-state index in [4.69, 9.17) is 24.2 Å². The Balaban J connectivity index is 1.73. The largest absolute Gasteiger partial charge is 0.497 e. The van der Waals surface area contributed by atoms with E-state index in [0.29, 0.717) is 55.1 Å². The first-order valence-electron chi connectivity index (χ1n) is 11.5. The van der Waals surface area contributed by atoms with Gasteiger partial charge in [-0.25, -0.2) is 4.98 Å². The standard InChI is InChI=1S/C26H29N3O4S/c1-5-29(6-2)22(30)16-34-26-20-15-18-9-8-10-21(32-7-3)23(18)33-25(20)27-24(28-26)17-11-13-19(31-4)14-12-17/h8-14H,5-7,15-16H2,1-4H3. The van der Waals surface area contributed by atoms with Crippen molar-refractivity contribution in [3.63, 3.8) is 0 Å². The van der Waals surface area contributed by atoms with E-state index in [1.807, 2.05) is 68.1 Å². The molecule has 1 amide bonds. The summed E-state index contributed by atoms with van der Waals surface area (Å²) in [6.07, 6.45) is 0.607. The lowest BCUT2D eigenvalue weighted by Crippen LogP contribution is -2.31. The first kappa shape index (κ1) is 23.9. The zero-order valence-electron chi connectivity index (χ0n) is 20.0. The minimum Gasteiger partial charge on any atom is -0.497 e. The lowest BCUT2D eigenvalue weighted by molar-refractivity contribution is -0.127. The Labute approximate surface area is 204 Å². The van der Waals surface area contributed by atoms with E-state index in [9.17, 15) is 4.79 Å². The third kappa shape index (κ3) is 4.97. The zero-order chi connectivity index (χ0) is 24.1. The van der Waals surface area contributed by atoms with Gasteiger partial charge in [-0.3, -0.25) is 4.79 Å². The van der Waals surface area contributed by atoms with Crippen LogP contribution in [-0.4, -0.2) is 53.3 Å². The van der Waals surface area contributed by atoms with E-state index in [1.165, 1.54) is 11.8 Å². The molecule has 3 aromatic rings. The predicted octanol–water partition coefficient (Wildman–Crippen LogP) is 5.21. The van der Waals surface area contributed by atoms with E-state index < -0.39 is 0 Å². The van der Waals surface area contributed by atoms with E-state index in [2.05, 4.69) is 0 Å². The van der Waals surface area contributed by atoms with Crippen LogP contribution in [0.4, 0.5) is 0 Å². The van der Waals surface area contributed by atoms with Crippen LogP contribution in [0.5, 0.6) is 23.1 Å². The second-order valence-electron chi connectivity index (χ2n) is 7.68. The molecule has 0 spiro atoms. The summed E-state index contributed by atoms with van der Waals surface area (Å²) in [6.45, 7) is 7.84. The number of nitrogens with zero attached hydrogens (tertiary/aromatic N) is 3. The van der Waals surface area contributed by atoms with Crippen LogP contribution in [0, 0.1) is 0 Å². The number of fused-ring (bicyclic) bond motifs is 2. The van der Waals surface area contributed by atoms with Crippen LogP contribution in [0.1, 0.15) is 31.9 Å². The third-order valence-corrected chi connectivity index (χ3v) is 6.66. The number of rotatable bonds is 9. The maximum absolute atomic E-state index is 12.7. The number of amides is 1. The van der Waals surface area contributed by atoms with Crippen LogP contribution in [-0.2, 0) is 11.2 Å². The molecule has 8 heteroatoms. The number of ether oxygens (including phenoxy) is 3. The molecule has 1 aliphatic rings. The molecular weight excluding hydrogens is 450 g/mol. The molecule has 1 aliphatic heterocycles. The zero-order valence-corrected chi connectivity index (χ0v) is 20.8. The number of hydrogen-bond donors (Lipinski definition) is 0. The number of carbonyl (C=O) groups excluding carboxylic acids is 1. The molecule has 0 saturated carbocycles. The quantitative estimate of drug-likeness (QED) is 0.241. The molecule has 1 aromatic heterocycles. The van der Waals surface area contributed by atoms with Crippen LogP contribution < -0.4 is 14.2 Å². The van der Waals surface area contributed by atoms with E-state index in [1.54, 1.807) is 7.11 Å². The van der Waals surface area contributed by atoms with E-state index in [-0.39, 0.29) is 5.91 Å². The molecule has 7 nitrogen and oxygen atoms in total. The summed E-state index contributed by atoms with van der Waals surface area (Å²) in [5.74, 6) is 3.57. The minimum atomic E-state index is 0.0871. The van der Waals surface area contributed by atoms with Gasteiger partial charge in [0.25, 0.3) is 0 Å². The maximum atomic E-state index is 12.7. The number of hydrogen-bond acceptors (Lipinski definition) is 7. The number of carbonyl (C=O) groups is 1. The number of para-hydroxylation sites is 1. The van der Waals surface area contributed by atoms with Gasteiger partial charge in [0.05, 0.1) is 25.0 Å². The van der Waals surface area contributed by atoms with Crippen molar-refractivity contribution in [2.24, 2.45) is 0 Å². The average molecular weight is 480 g/mol. The SMILES string of the molecule is CCOc1cccc2c1Oc1nc(-c3ccc(OC)cc3)nc(SCC(=O)N(CC)CC)c1C2. The molecule has 0 saturated heterocycles. The van der Waals surface area contributed by atoms with Crippen molar-refractivity contribution in [2.75, 3.05) is 32.6 Å². The molecule has 0 N–H and O–H groups in total. The molecule has 0 fully saturated rings. The highest BCUT2D eigenvalue weighted by atomic mass is 32.2. The van der Waals surface area contributed by atoms with Crippen molar-refractivity contribution in [2.45, 2.75) is 32.2 Å². The summed E-state index contributed by atoms with van der Waals surface area (Å²) in [5, 5.41) is 0.754. The van der Waals surface area contributed by atoms with E-state index >= 15 is 0 Å². The van der Waals surface area contributed by atoms with Crippen molar-refractivity contribution in [3.05, 3.63) is 53.6 Å². The van der Waals surface area contributed by atoms with Gasteiger partial charge in [0.15, 0.2) is 17.3 Å². The monoisotopic (exact) mass is 479 g/mol. The van der Waals surface area contributed by atoms with Gasteiger partial charge in [-0.2, -0.15) is 4.98 Å². The topological polar surface area (TPSA) is 73.8 Å². The summed E-state index contributed by atoms with van der Waals surface area (Å²) in [4.78, 5) is 24.1. The van der Waals surface area contributed by atoms with Gasteiger partial charge >= 0.3 is 0 Å². The molecule has 0 radical (unpaired) electrons. The molecule has 0 bridgehead atoms. The third-order valence-electron chi connectivity index (χ3n) is 5.65. The van der Waals surface area contributed by atoms with Gasteiger partial charge in [0, 0.05) is 30.6 Å². The second kappa shape index (κ2) is 10.8. The van der Waals surface area contributed by atoms with Crippen LogP contribution in [0.3, 0.4) is 0 Å². The number of thioether (sulfide) groups is 1. The van der Waals surface area contributed by atoms with Gasteiger partial charge in [-0.05, 0) is 51.1 Å². The highest BCUT2D eigenvalue weighted by Crippen LogP contribution is 2.44. The number of benzene rings is 2. The molecule has 34 heavy (non-hydrogen) atoms. The Morgan fingerprint density at radius 1 is 1.09 bits per heavy atom. The summed E-state index contributed by atoms with van der Waals surface area (Å²) < 4.78 is 17.4. The Hall–Kier alpha value is -3.26. The fourth-order valence-electron chi connectivity index (χ4n) is 3.84. The van der Waals surface area contributed by atoms with Gasteiger partial charge < -0.3 is 19.1 Å². The number of aromatic nitrogens is 2. The Morgan fingerprint density at radius 2 is 1.85 bits per heavy atom. The number of methoxy groups -OCH3 is 1. The van der Waals surface area contributed by atoms with Gasteiger partial charge in [0.2, 0.25) is 11.8 Å². The molecule has 2 aromatic carbocycles. The van der Waals surface area contributed by atoms with Crippen LogP contribution in [0.15, 0.2) is 47.5 Å². The van der Waals surface area contributed by atoms with Crippen molar-refractivity contribution in [1.29, 1.82) is 0 Å². The fourth-order valence-corrected chi connectivity index (χ4v) is 4.77. The molecule has 178 valence electrons. The van der Waals surface area contributed by atoms with Crippen molar-refractivity contribution >= 4 is 17.7 Å². The van der Waals surface area contributed by atoms with Crippen LogP contribution in [0.2, 0.25) is 0 Å². The molecule has 4 rings (SSSR count). The summed E-state index contributed by atoms with van der Waals surface area (Å²) in [5.41, 5.74) is 2.74. The molecular formula is C26H29N3O4S. The van der Waals surface area contributed by atoms with Crippen LogP contribution in [0.25, 0.3) is 11.4 Å². The Morgan fingerprint density at radius 3 is 2.53 bits per heavy atom. The summed E-state index contributed by atoms with van der Waals surface area (Å²) >= 11 is 1.43. The lowest BCUT2D eigenvalue weighted by atomic mass is 10.0. The molecule has 0 atom stereocenters.